The molecule has 0 unspecified atom stereocenters. The number of benzene rings is 1. The molecule has 0 fully saturated rings. The van der Waals surface area contributed by atoms with Crippen LogP contribution >= 0.6 is 50.4 Å². The molecule has 27 heavy (non-hydrogen) atoms. The Morgan fingerprint density at radius 3 is 2.56 bits per heavy atom. The molecular weight excluding hydrogens is 462 g/mol. The van der Waals surface area contributed by atoms with Gasteiger partial charge in [-0.05, 0) is 59.5 Å². The van der Waals surface area contributed by atoms with Crippen LogP contribution in [0.15, 0.2) is 39.0 Å². The van der Waals surface area contributed by atoms with Crippen molar-refractivity contribution in [3.8, 4) is 0 Å². The molecule has 0 saturated carbocycles. The van der Waals surface area contributed by atoms with Crippen LogP contribution in [0.2, 0.25) is 0 Å². The summed E-state index contributed by atoms with van der Waals surface area (Å²) in [6.07, 6.45) is 2.06. The Hall–Kier alpha value is -0.930. The van der Waals surface area contributed by atoms with Crippen molar-refractivity contribution < 1.29 is 4.79 Å². The number of halogens is 1. The number of aromatic nitrogens is 1. The van der Waals surface area contributed by atoms with Crippen molar-refractivity contribution in [3.05, 3.63) is 39.0 Å². The van der Waals surface area contributed by atoms with Gasteiger partial charge in [-0.1, -0.05) is 31.3 Å². The average molecular weight is 485 g/mol. The second-order valence-corrected chi connectivity index (χ2v) is 10.2. The lowest BCUT2D eigenvalue weighted by Gasteiger charge is -2.24. The molecule has 0 N–H and O–H groups in total. The number of thiazole rings is 1. The van der Waals surface area contributed by atoms with Gasteiger partial charge in [-0.3, -0.25) is 9.69 Å². The highest BCUT2D eigenvalue weighted by Crippen LogP contribution is 2.35. The monoisotopic (exact) mass is 483 g/mol. The molecule has 0 spiro atoms. The van der Waals surface area contributed by atoms with E-state index in [1.807, 2.05) is 17.0 Å². The Balaban J connectivity index is 1.97. The largest absolute Gasteiger partial charge is 0.302 e. The zero-order valence-corrected chi connectivity index (χ0v) is 19.6. The van der Waals surface area contributed by atoms with Gasteiger partial charge < -0.3 is 4.90 Å². The van der Waals surface area contributed by atoms with Gasteiger partial charge in [0.25, 0.3) is 5.91 Å². The Kier molecular flexibility index (Phi) is 7.33. The Labute approximate surface area is 180 Å². The number of hydrogen-bond donors (Lipinski definition) is 0. The van der Waals surface area contributed by atoms with Gasteiger partial charge in [-0.25, -0.2) is 4.98 Å². The summed E-state index contributed by atoms with van der Waals surface area (Å²) in [5.74, 6) is 0.0163. The topological polar surface area (TPSA) is 36.4 Å². The highest BCUT2D eigenvalue weighted by molar-refractivity contribution is 9.11. The van der Waals surface area contributed by atoms with Crippen molar-refractivity contribution >= 4 is 71.6 Å². The number of thiophene rings is 1. The summed E-state index contributed by atoms with van der Waals surface area (Å²) in [4.78, 5) is 24.1. The molecule has 0 aliphatic heterocycles. The second kappa shape index (κ2) is 9.52. The number of thioether (sulfide) groups is 1. The molecule has 3 rings (SSSR count). The fourth-order valence-electron chi connectivity index (χ4n) is 2.82. The maximum atomic E-state index is 13.2. The molecule has 1 aromatic carbocycles. The predicted octanol–water partition coefficient (Wildman–Crippen LogP) is 5.83. The lowest BCUT2D eigenvalue weighted by Crippen LogP contribution is -2.38. The standard InChI is InChI=1S/C19H22BrN3OS3/c1-4-22(5-2)11-12-23(18(24)15-9-10-16(20)26-15)19-21-17-13(25-3)7-6-8-14(17)27-19/h6-10H,4-5,11-12H2,1-3H3. The molecule has 3 aromatic rings. The van der Waals surface area contributed by atoms with Gasteiger partial charge >= 0.3 is 0 Å². The van der Waals surface area contributed by atoms with Crippen molar-refractivity contribution in [2.45, 2.75) is 18.7 Å². The molecule has 0 saturated heterocycles. The first-order valence-electron chi connectivity index (χ1n) is 8.80. The van der Waals surface area contributed by atoms with Crippen molar-refractivity contribution in [2.24, 2.45) is 0 Å². The molecular formula is C19H22BrN3OS3. The van der Waals surface area contributed by atoms with E-state index in [0.29, 0.717) is 6.54 Å². The summed E-state index contributed by atoms with van der Waals surface area (Å²) in [7, 11) is 0. The lowest BCUT2D eigenvalue weighted by atomic mass is 10.3. The number of para-hydroxylation sites is 1. The third kappa shape index (κ3) is 4.74. The van der Waals surface area contributed by atoms with Crippen molar-refractivity contribution in [1.82, 2.24) is 9.88 Å². The van der Waals surface area contributed by atoms with Gasteiger partial charge in [0.05, 0.1) is 18.9 Å². The van der Waals surface area contributed by atoms with E-state index in [-0.39, 0.29) is 5.91 Å². The Morgan fingerprint density at radius 2 is 1.93 bits per heavy atom. The van der Waals surface area contributed by atoms with Crippen LogP contribution in [0.25, 0.3) is 10.2 Å². The number of fused-ring (bicyclic) bond motifs is 1. The van der Waals surface area contributed by atoms with E-state index >= 15 is 0 Å². The third-order valence-electron chi connectivity index (χ3n) is 4.38. The summed E-state index contributed by atoms with van der Waals surface area (Å²) in [6, 6.07) is 10.0. The van der Waals surface area contributed by atoms with Gasteiger partial charge in [0.15, 0.2) is 5.13 Å². The van der Waals surface area contributed by atoms with Gasteiger partial charge in [0, 0.05) is 18.0 Å². The number of amides is 1. The highest BCUT2D eigenvalue weighted by atomic mass is 79.9. The fraction of sp³-hybridized carbons (Fsp3) is 0.368. The van der Waals surface area contributed by atoms with Crippen LogP contribution in [0.4, 0.5) is 5.13 Å². The number of hydrogen-bond acceptors (Lipinski definition) is 6. The minimum Gasteiger partial charge on any atom is -0.302 e. The maximum absolute atomic E-state index is 13.2. The third-order valence-corrected chi connectivity index (χ3v) is 7.81. The van der Waals surface area contributed by atoms with Crippen LogP contribution in [-0.4, -0.2) is 48.2 Å². The van der Waals surface area contributed by atoms with E-state index in [2.05, 4.69) is 59.1 Å². The minimum absolute atomic E-state index is 0.0163. The van der Waals surface area contributed by atoms with Crippen LogP contribution in [0.1, 0.15) is 23.5 Å². The van der Waals surface area contributed by atoms with Crippen LogP contribution in [-0.2, 0) is 0 Å². The van der Waals surface area contributed by atoms with Crippen LogP contribution in [0.3, 0.4) is 0 Å². The normalized spacial score (nSPS) is 11.4. The molecule has 1 amide bonds. The van der Waals surface area contributed by atoms with E-state index < -0.39 is 0 Å². The first-order chi connectivity index (χ1) is 13.1. The minimum atomic E-state index is 0.0163. The highest BCUT2D eigenvalue weighted by Gasteiger charge is 2.23. The summed E-state index contributed by atoms with van der Waals surface area (Å²) in [6.45, 7) is 7.70. The molecule has 144 valence electrons. The number of carbonyl (C=O) groups is 1. The summed E-state index contributed by atoms with van der Waals surface area (Å²) in [5.41, 5.74) is 0.984. The number of likely N-dealkylation sites (N-methyl/N-ethyl adjacent to an activating group) is 1. The molecule has 0 bridgehead atoms. The fourth-order valence-corrected chi connectivity index (χ4v) is 5.80. The van der Waals surface area contributed by atoms with E-state index in [4.69, 9.17) is 4.98 Å². The number of nitrogens with zero attached hydrogens (tertiary/aromatic N) is 3. The predicted molar refractivity (Wildman–Crippen MR) is 123 cm³/mol. The number of anilines is 1. The molecule has 2 aromatic heterocycles. The zero-order chi connectivity index (χ0) is 19.4. The van der Waals surface area contributed by atoms with Crippen molar-refractivity contribution in [2.75, 3.05) is 37.3 Å². The van der Waals surface area contributed by atoms with Gasteiger partial charge in [0.1, 0.15) is 0 Å². The molecule has 8 heteroatoms. The first-order valence-corrected chi connectivity index (χ1v) is 12.5. The Morgan fingerprint density at radius 1 is 1.15 bits per heavy atom. The van der Waals surface area contributed by atoms with Crippen LogP contribution in [0.5, 0.6) is 0 Å². The smallest absolute Gasteiger partial charge is 0.270 e. The Bertz CT molecular complexity index is 920. The van der Waals surface area contributed by atoms with Crippen LogP contribution in [0, 0.1) is 0 Å². The molecule has 0 radical (unpaired) electrons. The van der Waals surface area contributed by atoms with E-state index in [1.165, 1.54) is 11.3 Å². The summed E-state index contributed by atoms with van der Waals surface area (Å²) < 4.78 is 2.08. The SMILES string of the molecule is CCN(CC)CCN(C(=O)c1ccc(Br)s1)c1nc2c(SC)cccc2s1. The number of rotatable bonds is 8. The molecule has 4 nitrogen and oxygen atoms in total. The molecule has 0 aliphatic rings. The first kappa shape index (κ1) is 20.8. The second-order valence-electron chi connectivity index (χ2n) is 5.89. The van der Waals surface area contributed by atoms with Crippen LogP contribution < -0.4 is 4.90 Å². The lowest BCUT2D eigenvalue weighted by molar-refractivity contribution is 0.0987. The van der Waals surface area contributed by atoms with Gasteiger partial charge in [0.2, 0.25) is 0 Å². The maximum Gasteiger partial charge on any atom is 0.270 e. The quantitative estimate of drug-likeness (QED) is 0.377. The average Bonchev–Trinajstić information content (AvgIpc) is 3.30. The molecule has 0 aliphatic carbocycles. The van der Waals surface area contributed by atoms with Gasteiger partial charge in [-0.2, -0.15) is 0 Å². The molecule has 2 heterocycles. The van der Waals surface area contributed by atoms with E-state index in [1.54, 1.807) is 23.1 Å². The van der Waals surface area contributed by atoms with E-state index in [0.717, 1.165) is 48.5 Å². The zero-order valence-electron chi connectivity index (χ0n) is 15.6. The van der Waals surface area contributed by atoms with Crippen molar-refractivity contribution in [3.63, 3.8) is 0 Å². The molecule has 0 atom stereocenters. The van der Waals surface area contributed by atoms with Crippen molar-refractivity contribution in [1.29, 1.82) is 0 Å². The number of carbonyl (C=O) groups excluding carboxylic acids is 1. The summed E-state index contributed by atoms with van der Waals surface area (Å²) in [5, 5.41) is 0.771. The van der Waals surface area contributed by atoms with Gasteiger partial charge in [-0.15, -0.1) is 23.1 Å². The summed E-state index contributed by atoms with van der Waals surface area (Å²) >= 11 is 8.20. The van der Waals surface area contributed by atoms with E-state index in [9.17, 15) is 4.79 Å².